The van der Waals surface area contributed by atoms with Gasteiger partial charge < -0.3 is 19.6 Å². The summed E-state index contributed by atoms with van der Waals surface area (Å²) >= 11 is 1.50. The first-order chi connectivity index (χ1) is 17.4. The van der Waals surface area contributed by atoms with E-state index in [0.717, 1.165) is 11.0 Å². The number of hydrogen-bond acceptors (Lipinski definition) is 8. The molecule has 4 aliphatic heterocycles. The van der Waals surface area contributed by atoms with Crippen LogP contribution in [0.25, 0.3) is 11.0 Å². The number of likely N-dealkylation sites (tertiary alicyclic amines) is 1. The lowest BCUT2D eigenvalue weighted by atomic mass is 9.75. The third kappa shape index (κ3) is 3.25. The number of aliphatic hydroxyl groups is 1. The number of amides is 2. The Morgan fingerprint density at radius 2 is 1.97 bits per heavy atom. The first kappa shape index (κ1) is 23.2. The lowest BCUT2D eigenvalue weighted by Gasteiger charge is -2.36. The van der Waals surface area contributed by atoms with E-state index in [-0.39, 0.29) is 38.2 Å². The number of para-hydroxylation sites is 1. The van der Waals surface area contributed by atoms with Gasteiger partial charge in [0.1, 0.15) is 24.8 Å². The van der Waals surface area contributed by atoms with Crippen molar-refractivity contribution in [2.75, 3.05) is 26.3 Å². The SMILES string of the molecule is C[C@]12C=CCOC(=O)[C@H]1[C@H]1C(=O)N(CCCO)C3C(=O)N(Cn4nnc5ccccc54)CC=C[C@@]31S2. The minimum absolute atomic E-state index is 0.105. The molecule has 4 aliphatic rings. The molecule has 1 aromatic carbocycles. The summed E-state index contributed by atoms with van der Waals surface area (Å²) in [5.41, 5.74) is 1.54. The summed E-state index contributed by atoms with van der Waals surface area (Å²) in [6, 6.07) is 6.72. The van der Waals surface area contributed by atoms with Crippen molar-refractivity contribution in [1.29, 1.82) is 0 Å². The fourth-order valence-electron chi connectivity index (χ4n) is 6.19. The highest BCUT2D eigenvalue weighted by molar-refractivity contribution is 8.02. The van der Waals surface area contributed by atoms with Crippen LogP contribution in [0.3, 0.4) is 0 Å². The second-order valence-corrected chi connectivity index (χ2v) is 11.6. The highest BCUT2D eigenvalue weighted by Gasteiger charge is 2.73. The van der Waals surface area contributed by atoms with E-state index in [2.05, 4.69) is 10.3 Å². The second kappa shape index (κ2) is 8.45. The van der Waals surface area contributed by atoms with Crippen molar-refractivity contribution in [3.8, 4) is 0 Å². The molecule has 2 amide bonds. The molecule has 1 unspecified atom stereocenters. The van der Waals surface area contributed by atoms with E-state index in [0.29, 0.717) is 13.0 Å². The number of nitrogens with zero attached hydrogens (tertiary/aromatic N) is 5. The molecular formula is C25H27N5O5S. The Morgan fingerprint density at radius 3 is 2.81 bits per heavy atom. The minimum atomic E-state index is -0.928. The van der Waals surface area contributed by atoms with Crippen molar-refractivity contribution in [1.82, 2.24) is 24.8 Å². The van der Waals surface area contributed by atoms with Gasteiger partial charge in [-0.2, -0.15) is 0 Å². The molecule has 0 radical (unpaired) electrons. The average Bonchev–Trinajstić information content (AvgIpc) is 3.38. The van der Waals surface area contributed by atoms with E-state index >= 15 is 0 Å². The first-order valence-electron chi connectivity index (χ1n) is 12.1. The fourth-order valence-corrected chi connectivity index (χ4v) is 8.35. The monoisotopic (exact) mass is 509 g/mol. The van der Waals surface area contributed by atoms with Crippen LogP contribution in [-0.4, -0.2) is 89.5 Å². The number of esters is 1. The van der Waals surface area contributed by atoms with E-state index in [9.17, 15) is 19.5 Å². The van der Waals surface area contributed by atoms with Gasteiger partial charge in [-0.3, -0.25) is 14.4 Å². The number of rotatable bonds is 5. The Labute approximate surface area is 211 Å². The maximum absolute atomic E-state index is 14.2. The first-order valence-corrected chi connectivity index (χ1v) is 12.9. The maximum atomic E-state index is 14.2. The number of fused-ring (bicyclic) bond motifs is 3. The van der Waals surface area contributed by atoms with Crippen LogP contribution >= 0.6 is 11.8 Å². The summed E-state index contributed by atoms with van der Waals surface area (Å²) in [4.78, 5) is 44.5. The van der Waals surface area contributed by atoms with E-state index < -0.39 is 33.3 Å². The zero-order chi connectivity index (χ0) is 25.1. The van der Waals surface area contributed by atoms with Crippen LogP contribution < -0.4 is 0 Å². The summed E-state index contributed by atoms with van der Waals surface area (Å²) in [6.45, 7) is 2.76. The van der Waals surface area contributed by atoms with Gasteiger partial charge in [0.15, 0.2) is 0 Å². The number of aromatic nitrogens is 3. The third-order valence-corrected chi connectivity index (χ3v) is 9.47. The van der Waals surface area contributed by atoms with Crippen LogP contribution in [0.1, 0.15) is 13.3 Å². The van der Waals surface area contributed by atoms with E-state index in [1.807, 2.05) is 55.5 Å². The predicted octanol–water partition coefficient (Wildman–Crippen LogP) is 0.970. The zero-order valence-corrected chi connectivity index (χ0v) is 20.6. The van der Waals surface area contributed by atoms with Crippen LogP contribution in [-0.2, 0) is 25.8 Å². The van der Waals surface area contributed by atoms with Crippen molar-refractivity contribution >= 4 is 40.6 Å². The van der Waals surface area contributed by atoms with Gasteiger partial charge in [-0.25, -0.2) is 4.68 Å². The molecule has 188 valence electrons. The Hall–Kier alpha value is -3.18. The number of hydrogen-bond donors (Lipinski definition) is 1. The van der Waals surface area contributed by atoms with Crippen LogP contribution in [0, 0.1) is 11.8 Å². The Morgan fingerprint density at radius 1 is 1.14 bits per heavy atom. The summed E-state index contributed by atoms with van der Waals surface area (Å²) in [7, 11) is 0. The Kier molecular flexibility index (Phi) is 5.45. The van der Waals surface area contributed by atoms with Gasteiger partial charge in [-0.1, -0.05) is 35.6 Å². The number of carbonyl (C=O) groups excluding carboxylic acids is 3. The lowest BCUT2D eigenvalue weighted by molar-refractivity contribution is -0.152. The molecule has 36 heavy (non-hydrogen) atoms. The molecule has 6 rings (SSSR count). The summed E-state index contributed by atoms with van der Waals surface area (Å²) in [5.74, 6) is -2.31. The van der Waals surface area contributed by atoms with Gasteiger partial charge >= 0.3 is 5.97 Å². The Balaban J connectivity index is 1.42. The molecule has 2 aromatic rings. The number of carbonyl (C=O) groups is 3. The smallest absolute Gasteiger partial charge is 0.311 e. The maximum Gasteiger partial charge on any atom is 0.311 e. The standard InChI is InChI=1S/C25H27N5O5S/c1-24-9-5-14-35-23(34)19(24)18-21(32)29(12-6-13-31)20-22(33)28(11-4-10-25(18,20)36-24)15-30-17-8-3-2-7-16(17)26-27-30/h2-5,7-10,18-20,31H,6,11-15H2,1H3/t18-,19+,20?,24-,25-/m0/s1. The van der Waals surface area contributed by atoms with Crippen molar-refractivity contribution in [3.05, 3.63) is 48.6 Å². The molecule has 1 aromatic heterocycles. The van der Waals surface area contributed by atoms with Gasteiger partial charge in [-0.15, -0.1) is 16.9 Å². The van der Waals surface area contributed by atoms with Crippen molar-refractivity contribution in [3.63, 3.8) is 0 Å². The molecular weight excluding hydrogens is 482 g/mol. The fraction of sp³-hybridized carbons (Fsp3) is 0.480. The van der Waals surface area contributed by atoms with Gasteiger partial charge in [0.2, 0.25) is 11.8 Å². The van der Waals surface area contributed by atoms with Crippen LogP contribution in [0.2, 0.25) is 0 Å². The molecule has 10 nitrogen and oxygen atoms in total. The summed E-state index contributed by atoms with van der Waals surface area (Å²) in [6.07, 6.45) is 7.99. The zero-order valence-electron chi connectivity index (χ0n) is 19.8. The molecule has 11 heteroatoms. The van der Waals surface area contributed by atoms with Gasteiger partial charge in [0.25, 0.3) is 0 Å². The highest BCUT2D eigenvalue weighted by atomic mass is 32.2. The Bertz CT molecular complexity index is 1310. The number of ether oxygens (including phenoxy) is 1. The number of benzene rings is 1. The third-order valence-electron chi connectivity index (χ3n) is 7.68. The van der Waals surface area contributed by atoms with Crippen LogP contribution in [0.5, 0.6) is 0 Å². The average molecular weight is 510 g/mol. The lowest BCUT2D eigenvalue weighted by Crippen LogP contribution is -2.53. The molecule has 1 N–H and O–H groups in total. The van der Waals surface area contributed by atoms with Crippen molar-refractivity contribution < 1.29 is 24.2 Å². The topological polar surface area (TPSA) is 118 Å². The quantitative estimate of drug-likeness (QED) is 0.468. The van der Waals surface area contributed by atoms with Crippen molar-refractivity contribution in [2.24, 2.45) is 11.8 Å². The number of aliphatic hydroxyl groups excluding tert-OH is 1. The highest BCUT2D eigenvalue weighted by Crippen LogP contribution is 2.65. The van der Waals surface area contributed by atoms with Gasteiger partial charge in [0, 0.05) is 24.4 Å². The molecule has 5 atom stereocenters. The van der Waals surface area contributed by atoms with E-state index in [1.165, 1.54) is 11.8 Å². The van der Waals surface area contributed by atoms with E-state index in [1.54, 1.807) is 14.5 Å². The van der Waals surface area contributed by atoms with Gasteiger partial charge in [0.05, 0.1) is 22.1 Å². The molecule has 2 saturated heterocycles. The largest absolute Gasteiger partial charge is 0.461 e. The molecule has 5 heterocycles. The summed E-state index contributed by atoms with van der Waals surface area (Å²) in [5, 5.41) is 17.9. The van der Waals surface area contributed by atoms with Crippen LogP contribution in [0.4, 0.5) is 0 Å². The molecule has 0 aliphatic carbocycles. The molecule has 2 fully saturated rings. The summed E-state index contributed by atoms with van der Waals surface area (Å²) < 4.78 is 5.50. The van der Waals surface area contributed by atoms with Crippen LogP contribution in [0.15, 0.2) is 48.6 Å². The molecule has 0 bridgehead atoms. The number of thioether (sulfide) groups is 1. The van der Waals surface area contributed by atoms with Crippen molar-refractivity contribution in [2.45, 2.75) is 35.5 Å². The molecule has 1 spiro atoms. The van der Waals surface area contributed by atoms with Gasteiger partial charge in [-0.05, 0) is 31.6 Å². The second-order valence-electron chi connectivity index (χ2n) is 9.82. The van der Waals surface area contributed by atoms with E-state index in [4.69, 9.17) is 4.74 Å². The molecule has 0 saturated carbocycles. The predicted molar refractivity (Wildman–Crippen MR) is 131 cm³/mol. The normalized spacial score (nSPS) is 33.4. The minimum Gasteiger partial charge on any atom is -0.461 e. The number of cyclic esters (lactones) is 1.